The van der Waals surface area contributed by atoms with Crippen molar-refractivity contribution in [1.29, 1.82) is 0 Å². The Hall–Kier alpha value is -2.11. The minimum Gasteiger partial charge on any atom is -0.458 e. The van der Waals surface area contributed by atoms with Gasteiger partial charge in [-0.1, -0.05) is 38.2 Å². The first-order valence-electron chi connectivity index (χ1n) is 10.4. The van der Waals surface area contributed by atoms with Crippen LogP contribution in [0.25, 0.3) is 6.08 Å². The van der Waals surface area contributed by atoms with Gasteiger partial charge in [-0.3, -0.25) is 0 Å². The molecule has 1 aromatic carbocycles. The Bertz CT molecular complexity index is 826. The third-order valence-electron chi connectivity index (χ3n) is 5.75. The van der Waals surface area contributed by atoms with Gasteiger partial charge in [-0.2, -0.15) is 0 Å². The van der Waals surface area contributed by atoms with E-state index in [0.29, 0.717) is 17.7 Å². The third-order valence-corrected chi connectivity index (χ3v) is 5.75. The molecule has 1 fully saturated rings. The third kappa shape index (κ3) is 4.90. The van der Waals surface area contributed by atoms with Gasteiger partial charge in [0.1, 0.15) is 6.10 Å². The van der Waals surface area contributed by atoms with Gasteiger partial charge in [0, 0.05) is 17.5 Å². The lowest BCUT2D eigenvalue weighted by Crippen LogP contribution is -2.29. The number of benzene rings is 1. The zero-order chi connectivity index (χ0) is 21.3. The maximum absolute atomic E-state index is 12.9. The van der Waals surface area contributed by atoms with E-state index in [1.165, 1.54) is 0 Å². The van der Waals surface area contributed by atoms with Crippen LogP contribution in [0.2, 0.25) is 0 Å². The summed E-state index contributed by atoms with van der Waals surface area (Å²) in [6, 6.07) is 3.62. The minimum atomic E-state index is -0.615. The highest BCUT2D eigenvalue weighted by Gasteiger charge is 2.42. The molecule has 0 radical (unpaired) electrons. The molecule has 0 bridgehead atoms. The topological polar surface area (TPSA) is 70.8 Å². The highest BCUT2D eigenvalue weighted by Crippen LogP contribution is 2.35. The van der Waals surface area contributed by atoms with Gasteiger partial charge in [0.05, 0.1) is 17.8 Å². The molecule has 158 valence electrons. The standard InChI is InChI=1S/C24H33NO4/c1-14-10-11-15(2)22-20(28-24(5,6)29-22)9-7-8-18-13-19(25)12-16(3)21(18)23(26)27-17(14)4/h7-8,10-15,17,20,22H,9,25H2,1-6H3/b8-7+,11-10-/t14-,15?,17+,20+,22-/m1/s1. The largest absolute Gasteiger partial charge is 0.458 e. The van der Waals surface area contributed by atoms with Crippen molar-refractivity contribution in [3.05, 3.63) is 47.1 Å². The Balaban J connectivity index is 2.02. The van der Waals surface area contributed by atoms with Crippen molar-refractivity contribution in [3.8, 4) is 0 Å². The van der Waals surface area contributed by atoms with Crippen molar-refractivity contribution in [2.24, 2.45) is 11.8 Å². The molecule has 2 aliphatic rings. The summed E-state index contributed by atoms with van der Waals surface area (Å²) in [5, 5.41) is 0. The molecule has 2 heterocycles. The van der Waals surface area contributed by atoms with Crippen LogP contribution in [-0.4, -0.2) is 30.1 Å². The van der Waals surface area contributed by atoms with Gasteiger partial charge in [0.15, 0.2) is 5.79 Å². The molecular formula is C24H33NO4. The first-order chi connectivity index (χ1) is 13.6. The summed E-state index contributed by atoms with van der Waals surface area (Å²) in [5.41, 5.74) is 8.80. The van der Waals surface area contributed by atoms with E-state index < -0.39 is 5.79 Å². The summed E-state index contributed by atoms with van der Waals surface area (Å²) in [4.78, 5) is 12.9. The number of hydrogen-bond donors (Lipinski definition) is 1. The molecule has 0 saturated carbocycles. The number of aryl methyl sites for hydroxylation is 1. The van der Waals surface area contributed by atoms with E-state index in [9.17, 15) is 4.79 Å². The highest BCUT2D eigenvalue weighted by atomic mass is 16.8. The van der Waals surface area contributed by atoms with Crippen LogP contribution < -0.4 is 5.73 Å². The van der Waals surface area contributed by atoms with Crippen molar-refractivity contribution < 1.29 is 19.0 Å². The molecule has 5 nitrogen and oxygen atoms in total. The summed E-state index contributed by atoms with van der Waals surface area (Å²) in [6.45, 7) is 11.9. The fourth-order valence-electron chi connectivity index (χ4n) is 4.03. The van der Waals surface area contributed by atoms with E-state index in [4.69, 9.17) is 19.9 Å². The highest BCUT2D eigenvalue weighted by molar-refractivity contribution is 5.96. The Morgan fingerprint density at radius 2 is 1.76 bits per heavy atom. The molecule has 2 N–H and O–H groups in total. The lowest BCUT2D eigenvalue weighted by atomic mass is 9.94. The van der Waals surface area contributed by atoms with Crippen LogP contribution in [0, 0.1) is 18.8 Å². The normalized spacial score (nSPS) is 34.4. The van der Waals surface area contributed by atoms with Gasteiger partial charge >= 0.3 is 5.97 Å². The van der Waals surface area contributed by atoms with Crippen LogP contribution in [0.3, 0.4) is 0 Å². The lowest BCUT2D eigenvalue weighted by Gasteiger charge is -2.23. The lowest BCUT2D eigenvalue weighted by molar-refractivity contribution is -0.148. The summed E-state index contributed by atoms with van der Waals surface area (Å²) in [6.07, 6.45) is 8.54. The molecule has 5 heteroatoms. The number of esters is 1. The second-order valence-electron chi connectivity index (χ2n) is 8.79. The van der Waals surface area contributed by atoms with Crippen molar-refractivity contribution in [2.75, 3.05) is 5.73 Å². The van der Waals surface area contributed by atoms with Gasteiger partial charge in [-0.15, -0.1) is 0 Å². The summed E-state index contributed by atoms with van der Waals surface area (Å²) in [5.74, 6) is -0.685. The number of anilines is 1. The van der Waals surface area contributed by atoms with E-state index in [1.54, 1.807) is 6.07 Å². The van der Waals surface area contributed by atoms with Gasteiger partial charge in [0.2, 0.25) is 0 Å². The summed E-state index contributed by atoms with van der Waals surface area (Å²) in [7, 11) is 0. The number of nitrogens with two attached hydrogens (primary N) is 1. The molecule has 0 spiro atoms. The molecule has 1 aromatic rings. The molecule has 5 atom stereocenters. The van der Waals surface area contributed by atoms with Crippen molar-refractivity contribution >= 4 is 17.7 Å². The number of cyclic esters (lactones) is 1. The van der Waals surface area contributed by atoms with Crippen LogP contribution in [0.1, 0.15) is 62.5 Å². The fourth-order valence-corrected chi connectivity index (χ4v) is 4.03. The van der Waals surface area contributed by atoms with Crippen molar-refractivity contribution in [1.82, 2.24) is 0 Å². The predicted octanol–water partition coefficient (Wildman–Crippen LogP) is 4.89. The SMILES string of the molecule is Cc1cc(N)cc2c1C(=O)O[C@@H](C)[C@H](C)/C=C\C(C)[C@H]1OC(C)(C)O[C@H]1C/C=C/2. The van der Waals surface area contributed by atoms with E-state index in [0.717, 1.165) is 11.1 Å². The first kappa shape index (κ1) is 21.6. The van der Waals surface area contributed by atoms with E-state index in [1.807, 2.05) is 45.9 Å². The molecular weight excluding hydrogens is 366 g/mol. The average Bonchev–Trinajstić information content (AvgIpc) is 2.92. The minimum absolute atomic E-state index is 0.0408. The van der Waals surface area contributed by atoms with E-state index in [2.05, 4.69) is 26.0 Å². The van der Waals surface area contributed by atoms with Crippen molar-refractivity contribution in [2.45, 2.75) is 72.1 Å². The second kappa shape index (κ2) is 8.33. The summed E-state index contributed by atoms with van der Waals surface area (Å²) >= 11 is 0. The second-order valence-corrected chi connectivity index (χ2v) is 8.79. The molecule has 1 saturated heterocycles. The zero-order valence-corrected chi connectivity index (χ0v) is 18.3. The number of rotatable bonds is 0. The smallest absolute Gasteiger partial charge is 0.339 e. The predicted molar refractivity (Wildman–Crippen MR) is 115 cm³/mol. The molecule has 0 aromatic heterocycles. The molecule has 3 rings (SSSR count). The number of nitrogen functional groups attached to an aromatic ring is 1. The monoisotopic (exact) mass is 399 g/mol. The molecule has 0 amide bonds. The average molecular weight is 400 g/mol. The molecule has 29 heavy (non-hydrogen) atoms. The number of carbonyl (C=O) groups is 1. The summed E-state index contributed by atoms with van der Waals surface area (Å²) < 4.78 is 18.2. The van der Waals surface area contributed by atoms with Crippen LogP contribution in [0.15, 0.2) is 30.4 Å². The number of carbonyl (C=O) groups excluding carboxylic acids is 1. The quantitative estimate of drug-likeness (QED) is 0.382. The van der Waals surface area contributed by atoms with Gasteiger partial charge < -0.3 is 19.9 Å². The van der Waals surface area contributed by atoms with Crippen molar-refractivity contribution in [3.63, 3.8) is 0 Å². The Kier molecular flexibility index (Phi) is 6.20. The van der Waals surface area contributed by atoms with Gasteiger partial charge in [-0.05, 0) is 57.4 Å². The maximum atomic E-state index is 12.9. The first-order valence-corrected chi connectivity index (χ1v) is 10.4. The molecule has 1 unspecified atom stereocenters. The van der Waals surface area contributed by atoms with Crippen LogP contribution in [0.4, 0.5) is 5.69 Å². The van der Waals surface area contributed by atoms with Gasteiger partial charge in [-0.25, -0.2) is 4.79 Å². The Morgan fingerprint density at radius 1 is 1.07 bits per heavy atom. The Labute approximate surface area is 173 Å². The number of fused-ring (bicyclic) bond motifs is 2. The van der Waals surface area contributed by atoms with Crippen LogP contribution >= 0.6 is 0 Å². The van der Waals surface area contributed by atoms with Gasteiger partial charge in [0.25, 0.3) is 0 Å². The fraction of sp³-hybridized carbons (Fsp3) is 0.542. The van der Waals surface area contributed by atoms with E-state index in [-0.39, 0.29) is 36.1 Å². The number of ether oxygens (including phenoxy) is 3. The molecule has 2 aliphatic heterocycles. The zero-order valence-electron chi connectivity index (χ0n) is 18.3. The van der Waals surface area contributed by atoms with Crippen LogP contribution in [0.5, 0.6) is 0 Å². The molecule has 0 aliphatic carbocycles. The number of hydrogen-bond acceptors (Lipinski definition) is 5. The Morgan fingerprint density at radius 3 is 2.48 bits per heavy atom. The van der Waals surface area contributed by atoms with Crippen LogP contribution in [-0.2, 0) is 14.2 Å². The maximum Gasteiger partial charge on any atom is 0.339 e. The van der Waals surface area contributed by atoms with E-state index >= 15 is 0 Å².